The lowest BCUT2D eigenvalue weighted by Crippen LogP contribution is -2.39. The first-order chi connectivity index (χ1) is 19.8. The van der Waals surface area contributed by atoms with Crippen molar-refractivity contribution in [2.45, 2.75) is 46.5 Å². The first-order valence-corrected chi connectivity index (χ1v) is 15.7. The SMILES string of the molecule is CCOC(=O)c1c(Cl)c(Cl)c(Cl)c(Cl)c1C1=c2cc3c(cc2Oc2cc4c(cc21)CCCN4CC)=[N+](CC)CCC3. The van der Waals surface area contributed by atoms with Crippen LogP contribution in [-0.4, -0.2) is 38.8 Å². The molecule has 0 aromatic heterocycles. The van der Waals surface area contributed by atoms with Crippen molar-refractivity contribution in [1.82, 2.24) is 4.58 Å². The maximum Gasteiger partial charge on any atom is 0.340 e. The Morgan fingerprint density at radius 1 is 0.927 bits per heavy atom. The van der Waals surface area contributed by atoms with E-state index < -0.39 is 5.97 Å². The van der Waals surface area contributed by atoms with Crippen LogP contribution in [-0.2, 0) is 17.6 Å². The molecule has 5 nitrogen and oxygen atoms in total. The van der Waals surface area contributed by atoms with Gasteiger partial charge in [-0.25, -0.2) is 9.37 Å². The van der Waals surface area contributed by atoms with Crippen molar-refractivity contribution in [2.75, 3.05) is 37.7 Å². The van der Waals surface area contributed by atoms with E-state index in [1.165, 1.54) is 11.1 Å². The monoisotopic (exact) mass is 631 g/mol. The summed E-state index contributed by atoms with van der Waals surface area (Å²) in [5, 5.41) is 2.28. The van der Waals surface area contributed by atoms with E-state index in [0.29, 0.717) is 17.1 Å². The zero-order valence-corrected chi connectivity index (χ0v) is 26.3. The Morgan fingerprint density at radius 3 is 2.41 bits per heavy atom. The van der Waals surface area contributed by atoms with Gasteiger partial charge in [-0.1, -0.05) is 46.4 Å². The molecule has 3 heterocycles. The van der Waals surface area contributed by atoms with Gasteiger partial charge < -0.3 is 14.4 Å². The summed E-state index contributed by atoms with van der Waals surface area (Å²) in [5.74, 6) is 0.775. The van der Waals surface area contributed by atoms with Crippen molar-refractivity contribution in [3.05, 3.63) is 82.7 Å². The molecule has 0 saturated heterocycles. The molecule has 0 fully saturated rings. The summed E-state index contributed by atoms with van der Waals surface area (Å²) in [5.41, 5.74) is 5.68. The maximum atomic E-state index is 13.5. The van der Waals surface area contributed by atoms with E-state index in [1.807, 2.05) is 0 Å². The smallest absolute Gasteiger partial charge is 0.340 e. The van der Waals surface area contributed by atoms with Crippen LogP contribution in [0.2, 0.25) is 20.1 Å². The van der Waals surface area contributed by atoms with E-state index in [2.05, 4.69) is 47.6 Å². The van der Waals surface area contributed by atoms with Gasteiger partial charge in [0, 0.05) is 58.7 Å². The van der Waals surface area contributed by atoms with Crippen molar-refractivity contribution in [3.8, 4) is 11.5 Å². The second-order valence-corrected chi connectivity index (χ2v) is 12.0. The normalized spacial score (nSPS) is 15.5. The summed E-state index contributed by atoms with van der Waals surface area (Å²) in [6.45, 7) is 10.0. The molecule has 3 aliphatic heterocycles. The highest BCUT2D eigenvalue weighted by Crippen LogP contribution is 2.49. The number of anilines is 1. The molecular weight excluding hydrogens is 602 g/mol. The van der Waals surface area contributed by atoms with Gasteiger partial charge in [0.25, 0.3) is 0 Å². The summed E-state index contributed by atoms with van der Waals surface area (Å²) in [6, 6.07) is 8.57. The number of carbonyl (C=O) groups is 1. The number of fused-ring (bicyclic) bond motifs is 4. The maximum absolute atomic E-state index is 13.5. The molecule has 0 amide bonds. The van der Waals surface area contributed by atoms with Gasteiger partial charge in [0.2, 0.25) is 5.36 Å². The highest BCUT2D eigenvalue weighted by atomic mass is 35.5. The molecule has 0 bridgehead atoms. The van der Waals surface area contributed by atoms with E-state index in [4.69, 9.17) is 55.9 Å². The van der Waals surface area contributed by atoms with Crippen molar-refractivity contribution >= 4 is 63.6 Å². The van der Waals surface area contributed by atoms with Crippen LogP contribution in [0.25, 0.3) is 5.57 Å². The fourth-order valence-electron chi connectivity index (χ4n) is 6.39. The minimum absolute atomic E-state index is 0.0156. The lowest BCUT2D eigenvalue weighted by atomic mass is 9.86. The molecular formula is C32H31Cl4N2O3+. The zero-order chi connectivity index (χ0) is 29.0. The van der Waals surface area contributed by atoms with Crippen molar-refractivity contribution in [2.24, 2.45) is 0 Å². The van der Waals surface area contributed by atoms with E-state index in [9.17, 15) is 4.79 Å². The molecule has 214 valence electrons. The number of benzene rings is 3. The molecule has 9 heteroatoms. The van der Waals surface area contributed by atoms with E-state index >= 15 is 0 Å². The third-order valence-electron chi connectivity index (χ3n) is 8.31. The lowest BCUT2D eigenvalue weighted by Gasteiger charge is -2.33. The van der Waals surface area contributed by atoms with Crippen molar-refractivity contribution in [3.63, 3.8) is 0 Å². The summed E-state index contributed by atoms with van der Waals surface area (Å²) in [6.07, 6.45) is 3.99. The average Bonchev–Trinajstić information content (AvgIpc) is 2.98. The number of halogens is 4. The van der Waals surface area contributed by atoms with Gasteiger partial charge in [-0.3, -0.25) is 0 Å². The molecule has 0 aliphatic carbocycles. The Labute approximate surface area is 259 Å². The van der Waals surface area contributed by atoms with Gasteiger partial charge in [-0.05, 0) is 57.7 Å². The third kappa shape index (κ3) is 4.70. The van der Waals surface area contributed by atoms with Gasteiger partial charge in [-0.2, -0.15) is 0 Å². The van der Waals surface area contributed by atoms with Crippen LogP contribution >= 0.6 is 46.4 Å². The van der Waals surface area contributed by atoms with Gasteiger partial charge >= 0.3 is 5.97 Å². The van der Waals surface area contributed by atoms with Gasteiger partial charge in [0.15, 0.2) is 0 Å². The molecule has 3 aromatic carbocycles. The largest absolute Gasteiger partial charge is 0.462 e. The van der Waals surface area contributed by atoms with Crippen LogP contribution in [0, 0.1) is 0 Å². The Hall–Kier alpha value is -2.44. The number of hydrogen-bond acceptors (Lipinski definition) is 4. The molecule has 41 heavy (non-hydrogen) atoms. The van der Waals surface area contributed by atoms with Crippen LogP contribution in [0.15, 0.2) is 24.3 Å². The Balaban J connectivity index is 1.78. The topological polar surface area (TPSA) is 41.8 Å². The zero-order valence-electron chi connectivity index (χ0n) is 23.3. The summed E-state index contributed by atoms with van der Waals surface area (Å²) >= 11 is 26.9. The molecule has 0 N–H and O–H groups in total. The number of rotatable bonds is 5. The molecule has 6 rings (SSSR count). The number of nitrogens with zero attached hydrogens (tertiary/aromatic N) is 2. The van der Waals surface area contributed by atoms with Crippen molar-refractivity contribution < 1.29 is 14.3 Å². The Morgan fingerprint density at radius 2 is 1.68 bits per heavy atom. The number of ether oxygens (including phenoxy) is 2. The first-order valence-electron chi connectivity index (χ1n) is 14.2. The van der Waals surface area contributed by atoms with Gasteiger partial charge in [-0.15, -0.1) is 0 Å². The van der Waals surface area contributed by atoms with Gasteiger partial charge in [0.05, 0.1) is 38.3 Å². The van der Waals surface area contributed by atoms with Crippen LogP contribution in [0.4, 0.5) is 5.69 Å². The molecule has 0 saturated carbocycles. The standard InChI is InChI=1S/C32H31Cl4N2O3/c1-4-37-11-7-9-17-13-19-23(15-21(17)37)41-24-16-22-18(10-8-12-38(22)5-2)14-20(24)25(19)26-27(32(39)40-6-3)29(34)31(36)30(35)28(26)33/h13-16H,4-12H2,1-3H3/q+1. The predicted octanol–water partition coefficient (Wildman–Crippen LogP) is 7.06. The Kier molecular flexibility index (Phi) is 7.92. The highest BCUT2D eigenvalue weighted by molar-refractivity contribution is 6.53. The van der Waals surface area contributed by atoms with Crippen LogP contribution in [0.3, 0.4) is 0 Å². The quantitative estimate of drug-likeness (QED) is 0.102. The number of hydrogen-bond donors (Lipinski definition) is 0. The molecule has 0 atom stereocenters. The minimum Gasteiger partial charge on any atom is -0.462 e. The molecule has 3 aromatic rings. The lowest BCUT2D eigenvalue weighted by molar-refractivity contribution is 0.0526. The van der Waals surface area contributed by atoms with Crippen molar-refractivity contribution in [1.29, 1.82) is 0 Å². The summed E-state index contributed by atoms with van der Waals surface area (Å²) in [7, 11) is 0. The Bertz CT molecular complexity index is 1730. The fourth-order valence-corrected chi connectivity index (χ4v) is 7.41. The van der Waals surface area contributed by atoms with Crippen LogP contribution in [0.1, 0.15) is 66.2 Å². The average molecular weight is 633 g/mol. The number of esters is 1. The highest BCUT2D eigenvalue weighted by Gasteiger charge is 2.34. The number of carbonyl (C=O) groups excluding carboxylic acids is 1. The molecule has 0 radical (unpaired) electrons. The number of aryl methyl sites for hydroxylation is 2. The van der Waals surface area contributed by atoms with E-state index in [1.54, 1.807) is 6.92 Å². The van der Waals surface area contributed by atoms with E-state index in [0.717, 1.165) is 79.3 Å². The van der Waals surface area contributed by atoms with Gasteiger partial charge in [0.1, 0.15) is 24.6 Å². The minimum atomic E-state index is -0.611. The molecule has 0 unspecified atom stereocenters. The fraction of sp³-hybridized carbons (Fsp3) is 0.375. The second kappa shape index (κ2) is 11.3. The summed E-state index contributed by atoms with van der Waals surface area (Å²) in [4.78, 5) is 15.8. The molecule has 3 aliphatic rings. The molecule has 0 spiro atoms. The first kappa shape index (κ1) is 28.7. The second-order valence-electron chi connectivity index (χ2n) is 10.5. The van der Waals surface area contributed by atoms with Crippen LogP contribution in [0.5, 0.6) is 11.5 Å². The van der Waals surface area contributed by atoms with E-state index in [-0.39, 0.29) is 32.3 Å². The third-order valence-corrected chi connectivity index (χ3v) is 10.1. The predicted molar refractivity (Wildman–Crippen MR) is 167 cm³/mol. The van der Waals surface area contributed by atoms with Crippen LogP contribution < -0.4 is 24.8 Å². The summed E-state index contributed by atoms with van der Waals surface area (Å²) < 4.78 is 14.5.